The van der Waals surface area contributed by atoms with E-state index >= 15 is 0 Å². The first kappa shape index (κ1) is 16.0. The van der Waals surface area contributed by atoms with Crippen LogP contribution in [0.5, 0.6) is 0 Å². The molecule has 2 atom stereocenters. The van der Waals surface area contributed by atoms with Gasteiger partial charge in [0.15, 0.2) is 0 Å². The smallest absolute Gasteiger partial charge is 0.335 e. The summed E-state index contributed by atoms with van der Waals surface area (Å²) in [5.74, 6) is 0.0579. The molecule has 0 aliphatic heterocycles. The number of aromatic carboxylic acids is 1. The predicted molar refractivity (Wildman–Crippen MR) is 85.5 cm³/mol. The second kappa shape index (κ2) is 7.60. The molecule has 116 valence electrons. The lowest BCUT2D eigenvalue weighted by Crippen LogP contribution is -2.30. The molecule has 2 rings (SSSR count). The topological polar surface area (TPSA) is 40.5 Å². The first-order chi connectivity index (χ1) is 10.1. The van der Waals surface area contributed by atoms with Crippen molar-refractivity contribution in [3.8, 4) is 0 Å². The maximum absolute atomic E-state index is 10.9. The zero-order chi connectivity index (χ0) is 15.2. The maximum atomic E-state index is 10.9. The summed E-state index contributed by atoms with van der Waals surface area (Å²) < 4.78 is 0. The van der Waals surface area contributed by atoms with Gasteiger partial charge >= 0.3 is 5.97 Å². The van der Waals surface area contributed by atoms with Crippen LogP contribution >= 0.6 is 0 Å². The van der Waals surface area contributed by atoms with Crippen LogP contribution in [0.15, 0.2) is 24.3 Å². The zero-order valence-electron chi connectivity index (χ0n) is 13.2. The molecule has 0 spiro atoms. The number of benzene rings is 1. The minimum atomic E-state index is -0.857. The second-order valence-corrected chi connectivity index (χ2v) is 6.35. The Morgan fingerprint density at radius 2 is 1.90 bits per heavy atom. The van der Waals surface area contributed by atoms with Crippen LogP contribution in [0.25, 0.3) is 0 Å². The molecule has 1 N–H and O–H groups in total. The van der Waals surface area contributed by atoms with Crippen molar-refractivity contribution in [3.05, 3.63) is 35.4 Å². The Labute approximate surface area is 128 Å². The molecular formula is C18H27NO2. The molecule has 3 nitrogen and oxygen atoms in total. The number of nitrogens with zero attached hydrogens (tertiary/aromatic N) is 1. The van der Waals surface area contributed by atoms with Gasteiger partial charge in [0, 0.05) is 12.6 Å². The molecule has 1 aliphatic rings. The summed E-state index contributed by atoms with van der Waals surface area (Å²) in [6.45, 7) is 3.21. The fourth-order valence-electron chi connectivity index (χ4n) is 3.38. The standard InChI is InChI=1S/C18H27NO2/c1-3-14-5-4-6-17(12-9-14)19(2)13-15-7-10-16(11-8-15)18(20)21/h7-8,10-11,14,17H,3-6,9,12-13H2,1-2H3,(H,20,21). The Hall–Kier alpha value is -1.35. The van der Waals surface area contributed by atoms with Gasteiger partial charge in [-0.2, -0.15) is 0 Å². The Morgan fingerprint density at radius 3 is 2.52 bits per heavy atom. The molecule has 1 aromatic carbocycles. The number of hydrogen-bond acceptors (Lipinski definition) is 2. The maximum Gasteiger partial charge on any atom is 0.335 e. The van der Waals surface area contributed by atoms with Crippen LogP contribution < -0.4 is 0 Å². The highest BCUT2D eigenvalue weighted by Gasteiger charge is 2.21. The van der Waals surface area contributed by atoms with E-state index in [4.69, 9.17) is 5.11 Å². The lowest BCUT2D eigenvalue weighted by molar-refractivity contribution is 0.0697. The van der Waals surface area contributed by atoms with Crippen molar-refractivity contribution in [3.63, 3.8) is 0 Å². The molecule has 3 heteroatoms. The van der Waals surface area contributed by atoms with Crippen LogP contribution in [0.1, 0.15) is 61.4 Å². The second-order valence-electron chi connectivity index (χ2n) is 6.35. The molecular weight excluding hydrogens is 262 g/mol. The third kappa shape index (κ3) is 4.57. The van der Waals surface area contributed by atoms with Gasteiger partial charge in [-0.25, -0.2) is 4.79 Å². The molecule has 0 saturated heterocycles. The van der Waals surface area contributed by atoms with Gasteiger partial charge in [-0.3, -0.25) is 4.90 Å². The molecule has 21 heavy (non-hydrogen) atoms. The van der Waals surface area contributed by atoms with E-state index in [1.807, 2.05) is 12.1 Å². The number of carboxylic acid groups (broad SMARTS) is 1. The highest BCUT2D eigenvalue weighted by Crippen LogP contribution is 2.28. The van der Waals surface area contributed by atoms with Gasteiger partial charge in [-0.1, -0.05) is 38.3 Å². The Morgan fingerprint density at radius 1 is 1.19 bits per heavy atom. The molecule has 0 radical (unpaired) electrons. The van der Waals surface area contributed by atoms with Crippen LogP contribution in [-0.2, 0) is 6.54 Å². The average molecular weight is 289 g/mol. The van der Waals surface area contributed by atoms with Gasteiger partial charge < -0.3 is 5.11 Å². The molecule has 0 amide bonds. The molecule has 0 bridgehead atoms. The largest absolute Gasteiger partial charge is 0.478 e. The fourth-order valence-corrected chi connectivity index (χ4v) is 3.38. The Balaban J connectivity index is 1.91. The number of rotatable bonds is 5. The van der Waals surface area contributed by atoms with E-state index in [1.54, 1.807) is 12.1 Å². The highest BCUT2D eigenvalue weighted by atomic mass is 16.4. The van der Waals surface area contributed by atoms with E-state index in [2.05, 4.69) is 18.9 Å². The Bertz CT molecular complexity index is 455. The number of hydrogen-bond donors (Lipinski definition) is 1. The monoisotopic (exact) mass is 289 g/mol. The van der Waals surface area contributed by atoms with Crippen molar-refractivity contribution in [2.75, 3.05) is 7.05 Å². The van der Waals surface area contributed by atoms with E-state index < -0.39 is 5.97 Å². The van der Waals surface area contributed by atoms with Crippen molar-refractivity contribution in [1.82, 2.24) is 4.90 Å². The van der Waals surface area contributed by atoms with Crippen molar-refractivity contribution >= 4 is 5.97 Å². The van der Waals surface area contributed by atoms with E-state index in [9.17, 15) is 4.79 Å². The first-order valence-electron chi connectivity index (χ1n) is 8.12. The molecule has 2 unspecified atom stereocenters. The third-order valence-corrected chi connectivity index (χ3v) is 4.89. The van der Waals surface area contributed by atoms with E-state index in [-0.39, 0.29) is 0 Å². The van der Waals surface area contributed by atoms with Crippen LogP contribution in [0.2, 0.25) is 0 Å². The molecule has 1 aromatic rings. The predicted octanol–water partition coefficient (Wildman–Crippen LogP) is 4.18. The average Bonchev–Trinajstić information content (AvgIpc) is 2.73. The zero-order valence-corrected chi connectivity index (χ0v) is 13.2. The van der Waals surface area contributed by atoms with E-state index in [0.717, 1.165) is 12.5 Å². The third-order valence-electron chi connectivity index (χ3n) is 4.89. The summed E-state index contributed by atoms with van der Waals surface area (Å²) in [5.41, 5.74) is 1.56. The summed E-state index contributed by atoms with van der Waals surface area (Å²) in [4.78, 5) is 13.3. The Kier molecular flexibility index (Phi) is 5.80. The first-order valence-corrected chi connectivity index (χ1v) is 8.12. The van der Waals surface area contributed by atoms with Gasteiger partial charge in [0.1, 0.15) is 0 Å². The highest BCUT2D eigenvalue weighted by molar-refractivity contribution is 5.87. The van der Waals surface area contributed by atoms with Crippen LogP contribution in [0.4, 0.5) is 0 Å². The van der Waals surface area contributed by atoms with Gasteiger partial charge in [0.2, 0.25) is 0 Å². The van der Waals surface area contributed by atoms with Crippen molar-refractivity contribution in [2.45, 2.75) is 58.0 Å². The molecule has 1 aliphatic carbocycles. The van der Waals surface area contributed by atoms with E-state index in [0.29, 0.717) is 11.6 Å². The molecule has 1 saturated carbocycles. The summed E-state index contributed by atoms with van der Waals surface area (Å²) in [6, 6.07) is 7.94. The molecule has 0 aromatic heterocycles. The number of carboxylic acids is 1. The quantitative estimate of drug-likeness (QED) is 0.827. The summed E-state index contributed by atoms with van der Waals surface area (Å²) in [5, 5.41) is 8.93. The van der Waals surface area contributed by atoms with Crippen LogP contribution in [0, 0.1) is 5.92 Å². The van der Waals surface area contributed by atoms with Crippen molar-refractivity contribution < 1.29 is 9.90 Å². The molecule has 0 heterocycles. The van der Waals surface area contributed by atoms with Crippen LogP contribution in [-0.4, -0.2) is 29.1 Å². The van der Waals surface area contributed by atoms with Gasteiger partial charge in [-0.05, 0) is 49.9 Å². The van der Waals surface area contributed by atoms with Gasteiger partial charge in [0.05, 0.1) is 5.56 Å². The number of carbonyl (C=O) groups is 1. The summed E-state index contributed by atoms with van der Waals surface area (Å²) >= 11 is 0. The van der Waals surface area contributed by atoms with Gasteiger partial charge in [0.25, 0.3) is 0 Å². The fraction of sp³-hybridized carbons (Fsp3) is 0.611. The summed E-state index contributed by atoms with van der Waals surface area (Å²) in [7, 11) is 2.20. The van der Waals surface area contributed by atoms with Crippen LogP contribution in [0.3, 0.4) is 0 Å². The normalized spacial score (nSPS) is 23.0. The lowest BCUT2D eigenvalue weighted by atomic mass is 9.97. The summed E-state index contributed by atoms with van der Waals surface area (Å²) in [6.07, 6.45) is 7.97. The minimum Gasteiger partial charge on any atom is -0.478 e. The lowest BCUT2D eigenvalue weighted by Gasteiger charge is -2.27. The van der Waals surface area contributed by atoms with E-state index in [1.165, 1.54) is 44.1 Å². The minimum absolute atomic E-state index is 0.363. The molecule has 1 fully saturated rings. The van der Waals surface area contributed by atoms with Gasteiger partial charge in [-0.15, -0.1) is 0 Å². The van der Waals surface area contributed by atoms with Crippen molar-refractivity contribution in [2.24, 2.45) is 5.92 Å². The van der Waals surface area contributed by atoms with Crippen molar-refractivity contribution in [1.29, 1.82) is 0 Å². The SMILES string of the molecule is CCC1CCCC(N(C)Cc2ccc(C(=O)O)cc2)CC1.